The summed E-state index contributed by atoms with van der Waals surface area (Å²) in [4.78, 5) is 13.5. The van der Waals surface area contributed by atoms with Gasteiger partial charge in [0.25, 0.3) is 0 Å². The van der Waals surface area contributed by atoms with Gasteiger partial charge in [-0.1, -0.05) is 12.1 Å². The highest BCUT2D eigenvalue weighted by Gasteiger charge is 2.47. The fraction of sp³-hybridized carbons (Fsp3) is 0.333. The van der Waals surface area contributed by atoms with Gasteiger partial charge in [-0.05, 0) is 25.0 Å². The van der Waals surface area contributed by atoms with Gasteiger partial charge < -0.3 is 10.6 Å². The number of carbonyl (C=O) groups excluding carboxylic acids is 1. The highest BCUT2D eigenvalue weighted by molar-refractivity contribution is 6.02. The number of benzene rings is 1. The molecule has 0 spiro atoms. The number of likely N-dealkylation sites (N-methyl/N-ethyl adjacent to an activating group) is 1. The second-order valence-corrected chi connectivity index (χ2v) is 4.15. The van der Waals surface area contributed by atoms with Crippen LogP contribution in [0.2, 0.25) is 0 Å². The van der Waals surface area contributed by atoms with Gasteiger partial charge in [0.05, 0.1) is 16.8 Å². The molecular weight excluding hydrogens is 202 g/mol. The van der Waals surface area contributed by atoms with Crippen LogP contribution in [0.25, 0.3) is 0 Å². The molecule has 0 saturated heterocycles. The highest BCUT2D eigenvalue weighted by atomic mass is 16.2. The first kappa shape index (κ1) is 10.7. The van der Waals surface area contributed by atoms with Crippen LogP contribution >= 0.6 is 0 Å². The van der Waals surface area contributed by atoms with Gasteiger partial charge in [0.1, 0.15) is 6.07 Å². The Labute approximate surface area is 94.3 Å². The first-order chi connectivity index (χ1) is 7.58. The molecule has 0 bridgehead atoms. The number of hydrogen-bond acceptors (Lipinski definition) is 3. The van der Waals surface area contributed by atoms with Crippen LogP contribution in [-0.4, -0.2) is 18.5 Å². The van der Waals surface area contributed by atoms with Crippen molar-refractivity contribution >= 4 is 11.6 Å². The molecule has 16 heavy (non-hydrogen) atoms. The Balaban J connectivity index is 2.31. The number of para-hydroxylation sites is 1. The van der Waals surface area contributed by atoms with Crippen molar-refractivity contribution in [2.75, 3.05) is 11.9 Å². The second kappa shape index (κ2) is 3.62. The van der Waals surface area contributed by atoms with Crippen LogP contribution in [0.1, 0.15) is 18.4 Å². The molecule has 0 aromatic heterocycles. The van der Waals surface area contributed by atoms with Gasteiger partial charge in [-0.2, -0.15) is 5.26 Å². The number of carbonyl (C=O) groups is 1. The number of amides is 1. The van der Waals surface area contributed by atoms with Crippen molar-refractivity contribution in [1.82, 2.24) is 0 Å². The number of nitrogens with zero attached hydrogens (tertiary/aromatic N) is 2. The molecule has 2 rings (SSSR count). The molecule has 1 aromatic rings. The second-order valence-electron chi connectivity index (χ2n) is 4.15. The SMILES string of the molecule is CN(C(=O)C1(N)CC1)c1ccccc1C#N. The van der Waals surface area contributed by atoms with Crippen LogP contribution in [-0.2, 0) is 4.79 Å². The maximum atomic E-state index is 12.0. The first-order valence-corrected chi connectivity index (χ1v) is 5.15. The first-order valence-electron chi connectivity index (χ1n) is 5.15. The van der Waals surface area contributed by atoms with Crippen molar-refractivity contribution in [3.8, 4) is 6.07 Å². The zero-order valence-corrected chi connectivity index (χ0v) is 9.10. The monoisotopic (exact) mass is 215 g/mol. The number of rotatable bonds is 2. The standard InChI is InChI=1S/C12H13N3O/c1-15(11(16)12(14)6-7-12)10-5-3-2-4-9(10)8-13/h2-5H,6-7,14H2,1H3. The average molecular weight is 215 g/mol. The van der Waals surface area contributed by atoms with Gasteiger partial charge in [-0.3, -0.25) is 4.79 Å². The molecule has 2 N–H and O–H groups in total. The molecule has 1 saturated carbocycles. The van der Waals surface area contributed by atoms with E-state index in [4.69, 9.17) is 11.0 Å². The minimum Gasteiger partial charge on any atom is -0.317 e. The number of hydrogen-bond donors (Lipinski definition) is 1. The third-order valence-electron chi connectivity index (χ3n) is 2.91. The quantitative estimate of drug-likeness (QED) is 0.800. The Morgan fingerprint density at radius 3 is 2.69 bits per heavy atom. The normalized spacial score (nSPS) is 16.3. The molecule has 1 aliphatic rings. The van der Waals surface area contributed by atoms with E-state index in [1.165, 1.54) is 4.90 Å². The van der Waals surface area contributed by atoms with Crippen molar-refractivity contribution in [2.45, 2.75) is 18.4 Å². The molecule has 4 nitrogen and oxygen atoms in total. The van der Waals surface area contributed by atoms with Gasteiger partial charge in [0, 0.05) is 7.05 Å². The van der Waals surface area contributed by atoms with E-state index >= 15 is 0 Å². The lowest BCUT2D eigenvalue weighted by Crippen LogP contribution is -2.44. The van der Waals surface area contributed by atoms with E-state index in [-0.39, 0.29) is 5.91 Å². The van der Waals surface area contributed by atoms with Gasteiger partial charge in [0.2, 0.25) is 5.91 Å². The summed E-state index contributed by atoms with van der Waals surface area (Å²) in [5.74, 6) is -0.116. The Morgan fingerprint density at radius 2 is 2.12 bits per heavy atom. The van der Waals surface area contributed by atoms with E-state index in [1.54, 1.807) is 31.3 Å². The fourth-order valence-corrected chi connectivity index (χ4v) is 1.65. The third-order valence-corrected chi connectivity index (χ3v) is 2.91. The summed E-state index contributed by atoms with van der Waals surface area (Å²) >= 11 is 0. The molecule has 4 heteroatoms. The lowest BCUT2D eigenvalue weighted by molar-refractivity contribution is -0.120. The molecule has 0 atom stereocenters. The van der Waals surface area contributed by atoms with E-state index < -0.39 is 5.54 Å². The minimum absolute atomic E-state index is 0.116. The number of anilines is 1. The van der Waals surface area contributed by atoms with Crippen molar-refractivity contribution in [1.29, 1.82) is 5.26 Å². The number of nitriles is 1. The largest absolute Gasteiger partial charge is 0.317 e. The molecule has 0 heterocycles. The lowest BCUT2D eigenvalue weighted by Gasteiger charge is -2.21. The van der Waals surface area contributed by atoms with Crippen LogP contribution in [0.3, 0.4) is 0 Å². The summed E-state index contributed by atoms with van der Waals surface area (Å²) in [7, 11) is 1.66. The molecule has 82 valence electrons. The lowest BCUT2D eigenvalue weighted by atomic mass is 10.1. The fourth-order valence-electron chi connectivity index (χ4n) is 1.65. The van der Waals surface area contributed by atoms with Crippen LogP contribution < -0.4 is 10.6 Å². The highest BCUT2D eigenvalue weighted by Crippen LogP contribution is 2.35. The predicted molar refractivity (Wildman–Crippen MR) is 60.7 cm³/mol. The van der Waals surface area contributed by atoms with E-state index in [1.807, 2.05) is 0 Å². The van der Waals surface area contributed by atoms with Crippen molar-refractivity contribution < 1.29 is 4.79 Å². The molecule has 1 aliphatic carbocycles. The van der Waals surface area contributed by atoms with E-state index in [0.29, 0.717) is 11.3 Å². The van der Waals surface area contributed by atoms with Crippen LogP contribution in [0, 0.1) is 11.3 Å². The summed E-state index contributed by atoms with van der Waals surface area (Å²) in [6.07, 6.45) is 1.45. The molecular formula is C12H13N3O. The maximum absolute atomic E-state index is 12.0. The van der Waals surface area contributed by atoms with Crippen LogP contribution in [0.15, 0.2) is 24.3 Å². The molecule has 0 unspecified atom stereocenters. The van der Waals surface area contributed by atoms with Gasteiger partial charge >= 0.3 is 0 Å². The summed E-state index contributed by atoms with van der Waals surface area (Å²) in [5.41, 5.74) is 6.25. The summed E-state index contributed by atoms with van der Waals surface area (Å²) in [6, 6.07) is 9.09. The molecule has 1 fully saturated rings. The number of nitrogens with two attached hydrogens (primary N) is 1. The molecule has 1 amide bonds. The van der Waals surface area contributed by atoms with Crippen molar-refractivity contribution in [3.63, 3.8) is 0 Å². The Morgan fingerprint density at radius 1 is 1.50 bits per heavy atom. The third kappa shape index (κ3) is 1.66. The van der Waals surface area contributed by atoms with Gasteiger partial charge in [-0.25, -0.2) is 0 Å². The molecule has 0 radical (unpaired) electrons. The topological polar surface area (TPSA) is 70.1 Å². The molecule has 1 aromatic carbocycles. The van der Waals surface area contributed by atoms with Gasteiger partial charge in [0.15, 0.2) is 0 Å². The van der Waals surface area contributed by atoms with Crippen LogP contribution in [0.4, 0.5) is 5.69 Å². The summed E-state index contributed by atoms with van der Waals surface area (Å²) in [6.45, 7) is 0. The van der Waals surface area contributed by atoms with Crippen molar-refractivity contribution in [2.24, 2.45) is 5.73 Å². The summed E-state index contributed by atoms with van der Waals surface area (Å²) in [5, 5.41) is 8.95. The smallest absolute Gasteiger partial charge is 0.246 e. The van der Waals surface area contributed by atoms with E-state index in [0.717, 1.165) is 12.8 Å². The zero-order valence-electron chi connectivity index (χ0n) is 9.10. The zero-order chi connectivity index (χ0) is 11.8. The van der Waals surface area contributed by atoms with Crippen molar-refractivity contribution in [3.05, 3.63) is 29.8 Å². The Hall–Kier alpha value is -1.86. The molecule has 0 aliphatic heterocycles. The van der Waals surface area contributed by atoms with Gasteiger partial charge in [-0.15, -0.1) is 0 Å². The van der Waals surface area contributed by atoms with E-state index in [2.05, 4.69) is 6.07 Å². The predicted octanol–water partition coefficient (Wildman–Crippen LogP) is 1.01. The average Bonchev–Trinajstić information content (AvgIpc) is 3.06. The summed E-state index contributed by atoms with van der Waals surface area (Å²) < 4.78 is 0. The Kier molecular flexibility index (Phi) is 2.41. The maximum Gasteiger partial charge on any atom is 0.246 e. The minimum atomic E-state index is -0.697. The Bertz CT molecular complexity index is 471. The van der Waals surface area contributed by atoms with Crippen LogP contribution in [0.5, 0.6) is 0 Å². The van der Waals surface area contributed by atoms with E-state index in [9.17, 15) is 4.79 Å².